The number of amides is 1. The van der Waals surface area contributed by atoms with Gasteiger partial charge in [0.05, 0.1) is 25.4 Å². The van der Waals surface area contributed by atoms with Crippen molar-refractivity contribution in [1.29, 1.82) is 0 Å². The Kier molecular flexibility index (Phi) is 41.3. The number of aliphatic hydroxyl groups excluding tert-OH is 6. The molecule has 0 radical (unpaired) electrons. The van der Waals surface area contributed by atoms with Gasteiger partial charge in [0.1, 0.15) is 30.5 Å². The number of carbonyl (C=O) groups excluding carboxylic acids is 1. The first-order chi connectivity index (χ1) is 30.8. The number of hydrogen-bond acceptors (Lipinski definition) is 9. The lowest BCUT2D eigenvalue weighted by Gasteiger charge is -2.40. The highest BCUT2D eigenvalue weighted by Gasteiger charge is 2.44. The second kappa shape index (κ2) is 43.5. The Bertz CT molecular complexity index is 1010. The molecule has 10 heteroatoms. The standard InChI is InChI=1S/C53H103NO9/c1-3-5-7-9-11-13-15-16-17-18-19-20-21-22-23-24-25-26-27-28-29-30-32-34-36-38-40-42-47(57)52(61)54-45(44-62-53-51(60)50(59)49(58)48(43-55)63-53)46(56)41-39-37-35-33-31-14-12-10-8-6-4-2/h22-23,45-51,53,55-60H,3-21,24-44H2,1-2H3,(H,54,61)/b23-22-. The monoisotopic (exact) mass is 898 g/mol. The van der Waals surface area contributed by atoms with Gasteiger partial charge < -0.3 is 45.4 Å². The van der Waals surface area contributed by atoms with Gasteiger partial charge in [0, 0.05) is 0 Å². The Morgan fingerprint density at radius 3 is 1.29 bits per heavy atom. The van der Waals surface area contributed by atoms with Crippen LogP contribution in [0.4, 0.5) is 0 Å². The summed E-state index contributed by atoms with van der Waals surface area (Å²) in [6.07, 6.45) is 41.4. The maximum Gasteiger partial charge on any atom is 0.249 e. The van der Waals surface area contributed by atoms with Crippen LogP contribution >= 0.6 is 0 Å². The molecule has 7 N–H and O–H groups in total. The lowest BCUT2D eigenvalue weighted by Crippen LogP contribution is -2.60. The largest absolute Gasteiger partial charge is 0.394 e. The van der Waals surface area contributed by atoms with Gasteiger partial charge in [-0.25, -0.2) is 0 Å². The van der Waals surface area contributed by atoms with Crippen molar-refractivity contribution in [2.45, 2.75) is 307 Å². The molecule has 1 amide bonds. The molecule has 0 aliphatic carbocycles. The SMILES string of the molecule is CCCCCCCCCCCCCC/C=C\CCCCCCCCCCCCCC(O)C(=O)NC(COC1OC(CO)C(O)C(O)C1O)C(O)CCCCCCCCCCCCC. The van der Waals surface area contributed by atoms with Gasteiger partial charge in [-0.15, -0.1) is 0 Å². The van der Waals surface area contributed by atoms with Gasteiger partial charge in [0.2, 0.25) is 5.91 Å². The van der Waals surface area contributed by atoms with Crippen LogP contribution in [0.15, 0.2) is 12.2 Å². The molecule has 0 saturated carbocycles. The maximum atomic E-state index is 13.1. The van der Waals surface area contributed by atoms with Crippen molar-refractivity contribution in [3.8, 4) is 0 Å². The van der Waals surface area contributed by atoms with E-state index in [1.807, 2.05) is 0 Å². The summed E-state index contributed by atoms with van der Waals surface area (Å²) < 4.78 is 11.2. The highest BCUT2D eigenvalue weighted by atomic mass is 16.7. The minimum atomic E-state index is -1.59. The van der Waals surface area contributed by atoms with Gasteiger partial charge >= 0.3 is 0 Å². The Morgan fingerprint density at radius 1 is 0.524 bits per heavy atom. The summed E-state index contributed by atoms with van der Waals surface area (Å²) in [7, 11) is 0. The number of allylic oxidation sites excluding steroid dienone is 2. The zero-order valence-electron chi connectivity index (χ0n) is 41.0. The van der Waals surface area contributed by atoms with Gasteiger partial charge in [0.15, 0.2) is 6.29 Å². The van der Waals surface area contributed by atoms with Crippen LogP contribution in [0.3, 0.4) is 0 Å². The third kappa shape index (κ3) is 33.1. The van der Waals surface area contributed by atoms with Gasteiger partial charge in [-0.3, -0.25) is 4.79 Å². The summed E-state index contributed by atoms with van der Waals surface area (Å²) in [5.74, 6) is -0.582. The van der Waals surface area contributed by atoms with Crippen LogP contribution in [0.25, 0.3) is 0 Å². The van der Waals surface area contributed by atoms with E-state index in [2.05, 4.69) is 31.3 Å². The maximum absolute atomic E-state index is 13.1. The summed E-state index contributed by atoms with van der Waals surface area (Å²) in [6, 6.07) is -0.890. The lowest BCUT2D eigenvalue weighted by atomic mass is 9.99. The molecule has 1 rings (SSSR count). The van der Waals surface area contributed by atoms with E-state index in [1.165, 1.54) is 180 Å². The van der Waals surface area contributed by atoms with Crippen LogP contribution in [-0.4, -0.2) is 98.7 Å². The third-order valence-corrected chi connectivity index (χ3v) is 13.2. The Hall–Kier alpha value is -1.11. The summed E-state index contributed by atoms with van der Waals surface area (Å²) in [4.78, 5) is 13.1. The first-order valence-electron chi connectivity index (χ1n) is 27.0. The van der Waals surface area contributed by atoms with E-state index < -0.39 is 61.5 Å². The van der Waals surface area contributed by atoms with Crippen molar-refractivity contribution < 1.29 is 44.9 Å². The summed E-state index contributed by atoms with van der Waals surface area (Å²) in [5.41, 5.74) is 0. The number of rotatable bonds is 46. The quantitative estimate of drug-likeness (QED) is 0.0232. The van der Waals surface area contributed by atoms with E-state index in [0.29, 0.717) is 12.8 Å². The lowest BCUT2D eigenvalue weighted by molar-refractivity contribution is -0.302. The zero-order valence-corrected chi connectivity index (χ0v) is 41.0. The molecule has 1 aliphatic heterocycles. The van der Waals surface area contributed by atoms with Crippen LogP contribution in [-0.2, 0) is 14.3 Å². The summed E-state index contributed by atoms with van der Waals surface area (Å²) in [6.45, 7) is 3.68. The molecule has 1 heterocycles. The zero-order chi connectivity index (χ0) is 46.0. The molecule has 1 aliphatic rings. The minimum Gasteiger partial charge on any atom is -0.394 e. The number of carbonyl (C=O) groups is 1. The van der Waals surface area contributed by atoms with Gasteiger partial charge in [-0.05, 0) is 38.5 Å². The molecule has 1 saturated heterocycles. The summed E-state index contributed by atoms with van der Waals surface area (Å²) >= 11 is 0. The molecule has 8 unspecified atom stereocenters. The van der Waals surface area contributed by atoms with E-state index in [-0.39, 0.29) is 6.61 Å². The van der Waals surface area contributed by atoms with E-state index in [0.717, 1.165) is 51.4 Å². The molecular formula is C53H103NO9. The minimum absolute atomic E-state index is 0.253. The van der Waals surface area contributed by atoms with Crippen molar-refractivity contribution in [3.05, 3.63) is 12.2 Å². The molecule has 0 aromatic carbocycles. The number of nitrogens with one attached hydrogen (secondary N) is 1. The molecule has 0 bridgehead atoms. The highest BCUT2D eigenvalue weighted by Crippen LogP contribution is 2.23. The molecule has 0 aromatic rings. The first-order valence-corrected chi connectivity index (χ1v) is 27.0. The van der Waals surface area contributed by atoms with E-state index in [4.69, 9.17) is 9.47 Å². The number of aliphatic hydroxyl groups is 6. The molecule has 0 spiro atoms. The predicted molar refractivity (Wildman–Crippen MR) is 260 cm³/mol. The second-order valence-corrected chi connectivity index (χ2v) is 19.2. The van der Waals surface area contributed by atoms with E-state index >= 15 is 0 Å². The number of hydrogen-bond donors (Lipinski definition) is 7. The van der Waals surface area contributed by atoms with Gasteiger partial charge in [0.25, 0.3) is 0 Å². The van der Waals surface area contributed by atoms with Crippen LogP contribution in [0.2, 0.25) is 0 Å². The second-order valence-electron chi connectivity index (χ2n) is 19.2. The van der Waals surface area contributed by atoms with E-state index in [1.54, 1.807) is 0 Å². The van der Waals surface area contributed by atoms with Gasteiger partial charge in [-0.1, -0.05) is 231 Å². The van der Waals surface area contributed by atoms with E-state index in [9.17, 15) is 35.4 Å². The molecule has 0 aromatic heterocycles. The van der Waals surface area contributed by atoms with Crippen LogP contribution in [0, 0.1) is 0 Å². The molecule has 8 atom stereocenters. The number of ether oxygens (including phenoxy) is 2. The van der Waals surface area contributed by atoms with Crippen molar-refractivity contribution in [3.63, 3.8) is 0 Å². The average Bonchev–Trinajstić information content (AvgIpc) is 3.28. The predicted octanol–water partition coefficient (Wildman–Crippen LogP) is 11.4. The highest BCUT2D eigenvalue weighted by molar-refractivity contribution is 5.80. The van der Waals surface area contributed by atoms with Crippen molar-refractivity contribution >= 4 is 5.91 Å². The molecule has 10 nitrogen and oxygen atoms in total. The molecular weight excluding hydrogens is 795 g/mol. The first kappa shape index (κ1) is 59.9. The Morgan fingerprint density at radius 2 is 0.889 bits per heavy atom. The fourth-order valence-corrected chi connectivity index (χ4v) is 8.81. The average molecular weight is 898 g/mol. The number of unbranched alkanes of at least 4 members (excludes halogenated alkanes) is 33. The normalized spacial score (nSPS) is 20.7. The van der Waals surface area contributed by atoms with Crippen molar-refractivity contribution in [2.75, 3.05) is 13.2 Å². The van der Waals surface area contributed by atoms with Gasteiger partial charge in [-0.2, -0.15) is 0 Å². The van der Waals surface area contributed by atoms with Crippen LogP contribution in [0.5, 0.6) is 0 Å². The molecule has 63 heavy (non-hydrogen) atoms. The fraction of sp³-hybridized carbons (Fsp3) is 0.943. The third-order valence-electron chi connectivity index (χ3n) is 13.2. The van der Waals surface area contributed by atoms with Crippen LogP contribution < -0.4 is 5.32 Å². The molecule has 374 valence electrons. The smallest absolute Gasteiger partial charge is 0.249 e. The topological polar surface area (TPSA) is 169 Å². The van der Waals surface area contributed by atoms with Crippen LogP contribution in [0.1, 0.15) is 258 Å². The fourth-order valence-electron chi connectivity index (χ4n) is 8.81. The summed E-state index contributed by atoms with van der Waals surface area (Å²) in [5, 5.41) is 64.9. The molecule has 1 fully saturated rings. The Labute approximate surface area is 387 Å². The van der Waals surface area contributed by atoms with Crippen molar-refractivity contribution in [1.82, 2.24) is 5.32 Å². The Balaban J connectivity index is 2.19. The van der Waals surface area contributed by atoms with Crippen molar-refractivity contribution in [2.24, 2.45) is 0 Å².